The lowest BCUT2D eigenvalue weighted by Crippen LogP contribution is -2.59. The van der Waals surface area contributed by atoms with Gasteiger partial charge in [-0.2, -0.15) is 0 Å². The number of carboxylic acid groups (broad SMARTS) is 1. The highest BCUT2D eigenvalue weighted by Gasteiger charge is 2.44. The molecule has 0 saturated carbocycles. The molecule has 0 spiro atoms. The highest BCUT2D eigenvalue weighted by Crippen LogP contribution is 2.43. The van der Waals surface area contributed by atoms with Crippen LogP contribution in [0.5, 0.6) is 17.2 Å². The molecular formula is C39H48Cl2N6O7. The summed E-state index contributed by atoms with van der Waals surface area (Å²) in [5.41, 5.74) is 1.47. The van der Waals surface area contributed by atoms with Gasteiger partial charge in [0.2, 0.25) is 5.75 Å². The number of piperidine rings is 1. The number of carbonyl (C=O) groups excluding carboxylic acids is 2. The van der Waals surface area contributed by atoms with Gasteiger partial charge < -0.3 is 39.3 Å². The van der Waals surface area contributed by atoms with Gasteiger partial charge >= 0.3 is 12.0 Å². The van der Waals surface area contributed by atoms with E-state index in [1.165, 1.54) is 21.3 Å². The molecule has 3 aliphatic heterocycles. The minimum absolute atomic E-state index is 0.0290. The number of likely N-dealkylation sites (tertiary alicyclic amines) is 2. The Morgan fingerprint density at radius 3 is 2.11 bits per heavy atom. The minimum atomic E-state index is -0.868. The molecule has 0 radical (unpaired) electrons. The summed E-state index contributed by atoms with van der Waals surface area (Å²) in [4.78, 5) is 51.2. The van der Waals surface area contributed by atoms with Crippen molar-refractivity contribution in [1.29, 1.82) is 0 Å². The van der Waals surface area contributed by atoms with Crippen LogP contribution in [-0.4, -0.2) is 134 Å². The number of hydrogen-bond acceptors (Lipinski definition) is 9. The number of methoxy groups -OCH3 is 3. The number of carboxylic acids is 1. The van der Waals surface area contributed by atoms with E-state index in [-0.39, 0.29) is 23.9 Å². The Kier molecular flexibility index (Phi) is 12.4. The molecule has 2 N–H and O–H groups in total. The van der Waals surface area contributed by atoms with E-state index in [1.807, 2.05) is 46.3 Å². The highest BCUT2D eigenvalue weighted by atomic mass is 35.5. The maximum atomic E-state index is 14.0. The number of aromatic nitrogens is 1. The fourth-order valence-electron chi connectivity index (χ4n) is 8.09. The van der Waals surface area contributed by atoms with Crippen LogP contribution in [0.3, 0.4) is 0 Å². The van der Waals surface area contributed by atoms with E-state index in [0.29, 0.717) is 85.0 Å². The van der Waals surface area contributed by atoms with Crippen molar-refractivity contribution in [2.45, 2.75) is 36.6 Å². The SMILES string of the molecule is COc1cc(C(=O)N2CC[C@@](CCN3CCC(NC(=O)N4CCN(CC(=O)O)CC4)(c4cccnc4)CC3)(c3ccc(Cl)c(Cl)c3)C2)cc(OC)c1OC. The van der Waals surface area contributed by atoms with Gasteiger partial charge in [0.25, 0.3) is 5.91 Å². The van der Waals surface area contributed by atoms with Gasteiger partial charge in [-0.15, -0.1) is 0 Å². The standard InChI is InChI=1S/C39H48Cl2N6O7/c1-52-32-21-27(22-33(53-2)35(32)54-3)36(50)47-16-9-38(26-47,28-6-7-30(40)31(41)23-28)8-13-44-14-10-39(11-15-44,29-5-4-12-42-24-29)43-37(51)46-19-17-45(18-20-46)25-34(48)49/h4-7,12,21-24H,8-11,13-20,25-26H2,1-3H3,(H,43,51)(H,48,49)/t38-/m1/s1. The molecule has 2 aromatic carbocycles. The lowest BCUT2D eigenvalue weighted by molar-refractivity contribution is -0.138. The fraction of sp³-hybridized carbons (Fsp3) is 0.487. The monoisotopic (exact) mass is 782 g/mol. The van der Waals surface area contributed by atoms with Gasteiger partial charge in [-0.05, 0) is 73.7 Å². The van der Waals surface area contributed by atoms with Crippen molar-refractivity contribution in [2.24, 2.45) is 0 Å². The Morgan fingerprint density at radius 1 is 0.815 bits per heavy atom. The van der Waals surface area contributed by atoms with Crippen LogP contribution in [-0.2, 0) is 15.7 Å². The number of urea groups is 1. The number of pyridine rings is 1. The second-order valence-corrected chi connectivity index (χ2v) is 15.1. The number of ether oxygens (including phenoxy) is 3. The summed E-state index contributed by atoms with van der Waals surface area (Å²) in [7, 11) is 4.58. The maximum Gasteiger partial charge on any atom is 0.318 e. The maximum absolute atomic E-state index is 14.0. The second kappa shape index (κ2) is 17.0. The largest absolute Gasteiger partial charge is 0.493 e. The molecule has 3 aliphatic rings. The molecular weight excluding hydrogens is 735 g/mol. The lowest BCUT2D eigenvalue weighted by Gasteiger charge is -2.45. The summed E-state index contributed by atoms with van der Waals surface area (Å²) in [5.74, 6) is 0.253. The van der Waals surface area contributed by atoms with Crippen LogP contribution < -0.4 is 19.5 Å². The van der Waals surface area contributed by atoms with Crippen molar-refractivity contribution in [3.63, 3.8) is 0 Å². The molecule has 15 heteroatoms. The summed E-state index contributed by atoms with van der Waals surface area (Å²) in [6.07, 6.45) is 6.46. The molecule has 6 rings (SSSR count). The molecule has 3 saturated heterocycles. The third-order valence-corrected chi connectivity index (χ3v) is 12.0. The van der Waals surface area contributed by atoms with Gasteiger partial charge in [0.15, 0.2) is 11.5 Å². The predicted octanol–water partition coefficient (Wildman–Crippen LogP) is 4.99. The topological polar surface area (TPSA) is 137 Å². The molecule has 1 aromatic heterocycles. The number of benzene rings is 2. The van der Waals surface area contributed by atoms with Crippen LogP contribution in [0.1, 0.15) is 47.2 Å². The number of carbonyl (C=O) groups is 3. The third-order valence-electron chi connectivity index (χ3n) is 11.3. The Balaban J connectivity index is 1.16. The van der Waals surface area contributed by atoms with Gasteiger partial charge in [-0.1, -0.05) is 35.3 Å². The Bertz CT molecular complexity index is 1790. The van der Waals surface area contributed by atoms with E-state index in [1.54, 1.807) is 23.2 Å². The molecule has 1 atom stereocenters. The molecule has 3 amide bonds. The predicted molar refractivity (Wildman–Crippen MR) is 205 cm³/mol. The zero-order chi connectivity index (χ0) is 38.5. The Labute approximate surface area is 326 Å². The van der Waals surface area contributed by atoms with E-state index < -0.39 is 11.5 Å². The fourth-order valence-corrected chi connectivity index (χ4v) is 8.39. The number of aliphatic carboxylic acids is 1. The average molecular weight is 784 g/mol. The summed E-state index contributed by atoms with van der Waals surface area (Å²) in [6, 6.07) is 12.9. The number of halogens is 2. The Hall–Kier alpha value is -4.30. The number of rotatable bonds is 12. The molecule has 290 valence electrons. The first-order chi connectivity index (χ1) is 26.0. The van der Waals surface area contributed by atoms with Crippen molar-refractivity contribution in [1.82, 2.24) is 29.9 Å². The second-order valence-electron chi connectivity index (χ2n) is 14.3. The molecule has 13 nitrogen and oxygen atoms in total. The smallest absolute Gasteiger partial charge is 0.318 e. The highest BCUT2D eigenvalue weighted by molar-refractivity contribution is 6.42. The van der Waals surface area contributed by atoms with Crippen LogP contribution in [0.2, 0.25) is 10.0 Å². The summed E-state index contributed by atoms with van der Waals surface area (Å²) in [6.45, 7) is 5.22. The van der Waals surface area contributed by atoms with Crippen molar-refractivity contribution in [2.75, 3.05) is 86.8 Å². The first-order valence-corrected chi connectivity index (χ1v) is 18.9. The van der Waals surface area contributed by atoms with Crippen molar-refractivity contribution >= 4 is 41.1 Å². The van der Waals surface area contributed by atoms with E-state index >= 15 is 0 Å². The third kappa shape index (κ3) is 8.49. The van der Waals surface area contributed by atoms with Crippen LogP contribution in [0.4, 0.5) is 4.79 Å². The number of hydrogen-bond donors (Lipinski definition) is 2. The summed E-state index contributed by atoms with van der Waals surface area (Å²) >= 11 is 12.9. The van der Waals surface area contributed by atoms with E-state index in [4.69, 9.17) is 37.4 Å². The normalized spacial score (nSPS) is 20.4. The molecule has 4 heterocycles. The Morgan fingerprint density at radius 2 is 1.52 bits per heavy atom. The minimum Gasteiger partial charge on any atom is -0.493 e. The number of piperazine rings is 1. The van der Waals surface area contributed by atoms with E-state index in [9.17, 15) is 19.5 Å². The van der Waals surface area contributed by atoms with Crippen LogP contribution in [0, 0.1) is 0 Å². The van der Waals surface area contributed by atoms with Gasteiger partial charge in [0.05, 0.1) is 43.5 Å². The van der Waals surface area contributed by atoms with Crippen LogP contribution >= 0.6 is 23.2 Å². The summed E-state index contributed by atoms with van der Waals surface area (Å²) < 4.78 is 16.5. The van der Waals surface area contributed by atoms with Gasteiger partial charge in [0, 0.05) is 75.7 Å². The van der Waals surface area contributed by atoms with Gasteiger partial charge in [-0.3, -0.25) is 19.5 Å². The number of nitrogens with one attached hydrogen (secondary N) is 1. The van der Waals surface area contributed by atoms with Gasteiger partial charge in [0.1, 0.15) is 0 Å². The van der Waals surface area contributed by atoms with E-state index in [2.05, 4.69) is 15.2 Å². The molecule has 3 aromatic rings. The molecule has 0 aliphatic carbocycles. The summed E-state index contributed by atoms with van der Waals surface area (Å²) in [5, 5.41) is 13.5. The van der Waals surface area contributed by atoms with Gasteiger partial charge in [-0.25, -0.2) is 4.79 Å². The van der Waals surface area contributed by atoms with Crippen molar-refractivity contribution in [3.05, 3.63) is 81.6 Å². The van der Waals surface area contributed by atoms with Crippen LogP contribution in [0.15, 0.2) is 54.9 Å². The van der Waals surface area contributed by atoms with Crippen molar-refractivity contribution < 1.29 is 33.7 Å². The van der Waals surface area contributed by atoms with Crippen molar-refractivity contribution in [3.8, 4) is 17.2 Å². The quantitative estimate of drug-likeness (QED) is 0.259. The number of amides is 3. The molecule has 0 unspecified atom stereocenters. The number of nitrogens with zero attached hydrogens (tertiary/aromatic N) is 5. The lowest BCUT2D eigenvalue weighted by atomic mass is 9.76. The molecule has 0 bridgehead atoms. The first-order valence-electron chi connectivity index (χ1n) is 18.2. The van der Waals surface area contributed by atoms with E-state index in [0.717, 1.165) is 43.6 Å². The zero-order valence-electron chi connectivity index (χ0n) is 31.0. The van der Waals surface area contributed by atoms with Crippen LogP contribution in [0.25, 0.3) is 0 Å². The zero-order valence-corrected chi connectivity index (χ0v) is 32.5. The first kappa shape index (κ1) is 39.4. The molecule has 54 heavy (non-hydrogen) atoms. The average Bonchev–Trinajstić information content (AvgIpc) is 3.63. The molecule has 3 fully saturated rings.